The number of nitrogens with zero attached hydrogens (tertiary/aromatic N) is 3. The van der Waals surface area contributed by atoms with E-state index in [2.05, 4.69) is 37.0 Å². The lowest BCUT2D eigenvalue weighted by atomic mass is 9.99. The van der Waals surface area contributed by atoms with E-state index in [1.54, 1.807) is 10.7 Å². The van der Waals surface area contributed by atoms with E-state index in [9.17, 15) is 9.90 Å². The first-order chi connectivity index (χ1) is 15.5. The number of carbonyl (C=O) groups excluding carboxylic acids is 1. The number of aromatic nitrogens is 3. The monoisotopic (exact) mass is 498 g/mol. The van der Waals surface area contributed by atoms with Crippen LogP contribution in [0.5, 0.6) is 0 Å². The quantitative estimate of drug-likeness (QED) is 0.371. The molecule has 0 saturated heterocycles. The number of benzene rings is 1. The van der Waals surface area contributed by atoms with Crippen LogP contribution in [0, 0.1) is 5.92 Å². The van der Waals surface area contributed by atoms with Crippen LogP contribution < -0.4 is 16.0 Å². The van der Waals surface area contributed by atoms with Gasteiger partial charge in [-0.1, -0.05) is 25.0 Å². The molecule has 4 N–H and O–H groups in total. The van der Waals surface area contributed by atoms with E-state index in [0.29, 0.717) is 12.2 Å². The van der Waals surface area contributed by atoms with Gasteiger partial charge in [-0.2, -0.15) is 9.61 Å². The number of amides is 1. The molecule has 32 heavy (non-hydrogen) atoms. The normalized spacial score (nSPS) is 17.4. The molecule has 0 bridgehead atoms. The second kappa shape index (κ2) is 8.71. The van der Waals surface area contributed by atoms with E-state index in [0.717, 1.165) is 65.9 Å². The van der Waals surface area contributed by atoms with Crippen LogP contribution in [-0.4, -0.2) is 37.8 Å². The van der Waals surface area contributed by atoms with Crippen LogP contribution in [0.4, 0.5) is 17.3 Å². The second-order valence-electron chi connectivity index (χ2n) is 8.84. The van der Waals surface area contributed by atoms with Crippen molar-refractivity contribution in [3.05, 3.63) is 46.6 Å². The zero-order valence-electron chi connectivity index (χ0n) is 17.8. The first-order valence-electron chi connectivity index (χ1n) is 11.1. The van der Waals surface area contributed by atoms with Gasteiger partial charge < -0.3 is 21.1 Å². The van der Waals surface area contributed by atoms with Gasteiger partial charge >= 0.3 is 0 Å². The first-order valence-corrected chi connectivity index (χ1v) is 11.9. The highest BCUT2D eigenvalue weighted by molar-refractivity contribution is 9.10. The topological polar surface area (TPSA) is 104 Å². The number of halogens is 1. The van der Waals surface area contributed by atoms with E-state index < -0.39 is 0 Å². The Labute approximate surface area is 194 Å². The van der Waals surface area contributed by atoms with Crippen LogP contribution in [0.3, 0.4) is 0 Å². The largest absolute Gasteiger partial charge is 0.394 e. The van der Waals surface area contributed by atoms with Gasteiger partial charge in [0.2, 0.25) is 5.91 Å². The Morgan fingerprint density at radius 1 is 1.22 bits per heavy atom. The highest BCUT2D eigenvalue weighted by atomic mass is 79.9. The molecule has 9 heteroatoms. The first kappa shape index (κ1) is 21.2. The van der Waals surface area contributed by atoms with Crippen molar-refractivity contribution in [3.8, 4) is 0 Å². The van der Waals surface area contributed by atoms with Crippen LogP contribution in [0.25, 0.3) is 5.65 Å². The summed E-state index contributed by atoms with van der Waals surface area (Å²) in [5.41, 5.74) is 2.31. The van der Waals surface area contributed by atoms with Crippen LogP contribution in [0.15, 0.2) is 41.0 Å². The number of hydrogen-bond acceptors (Lipinski definition) is 6. The highest BCUT2D eigenvalue weighted by Gasteiger charge is 2.33. The molecule has 1 aromatic carbocycles. The van der Waals surface area contributed by atoms with Crippen LogP contribution >= 0.6 is 15.9 Å². The van der Waals surface area contributed by atoms with Crippen molar-refractivity contribution in [1.82, 2.24) is 14.6 Å². The molecule has 5 rings (SSSR count). The molecular formula is C23H27BrN6O2. The molecule has 2 aliphatic carbocycles. The molecule has 2 heterocycles. The third kappa shape index (κ3) is 4.45. The van der Waals surface area contributed by atoms with Crippen LogP contribution in [-0.2, 0) is 11.3 Å². The average molecular weight is 499 g/mol. The fraction of sp³-hybridized carbons (Fsp3) is 0.435. The molecule has 0 radical (unpaired) electrons. The number of rotatable bonds is 8. The predicted molar refractivity (Wildman–Crippen MR) is 128 cm³/mol. The van der Waals surface area contributed by atoms with Crippen molar-refractivity contribution >= 4 is 44.8 Å². The smallest absolute Gasteiger partial charge is 0.227 e. The van der Waals surface area contributed by atoms with Crippen molar-refractivity contribution in [2.45, 2.75) is 50.6 Å². The standard InChI is InChI=1S/C23H27BrN6O2/c24-18-13-26-30-20(11-19(28-21(18)30)29-23(14-31)9-1-2-10-23)25-12-15-3-7-17(8-4-15)27-22(32)16-5-6-16/h3-4,7-8,11,13,16,25,31H,1-2,5-6,9-10,12,14H2,(H,27,32)(H,28,29). The lowest BCUT2D eigenvalue weighted by Gasteiger charge is -2.29. The van der Waals surface area contributed by atoms with E-state index in [1.807, 2.05) is 30.3 Å². The van der Waals surface area contributed by atoms with Crippen LogP contribution in [0.2, 0.25) is 0 Å². The van der Waals surface area contributed by atoms with Gasteiger partial charge in [0.15, 0.2) is 5.65 Å². The minimum Gasteiger partial charge on any atom is -0.394 e. The number of anilines is 3. The molecule has 2 aliphatic rings. The van der Waals surface area contributed by atoms with Gasteiger partial charge in [-0.3, -0.25) is 4.79 Å². The summed E-state index contributed by atoms with van der Waals surface area (Å²) in [6, 6.07) is 9.81. The van der Waals surface area contributed by atoms with Gasteiger partial charge in [-0.25, -0.2) is 4.98 Å². The van der Waals surface area contributed by atoms with Gasteiger partial charge in [-0.15, -0.1) is 0 Å². The molecule has 0 unspecified atom stereocenters. The summed E-state index contributed by atoms with van der Waals surface area (Å²) >= 11 is 3.53. The predicted octanol–water partition coefficient (Wildman–Crippen LogP) is 4.17. The fourth-order valence-corrected chi connectivity index (χ4v) is 4.61. The molecule has 1 amide bonds. The molecule has 2 aromatic heterocycles. The Kier molecular flexibility index (Phi) is 5.77. The lowest BCUT2D eigenvalue weighted by Crippen LogP contribution is -2.39. The summed E-state index contributed by atoms with van der Waals surface area (Å²) in [5.74, 6) is 1.83. The molecule has 3 aromatic rings. The average Bonchev–Trinajstić information content (AvgIpc) is 3.46. The van der Waals surface area contributed by atoms with Gasteiger partial charge in [-0.05, 0) is 59.3 Å². The number of carbonyl (C=O) groups is 1. The molecule has 2 saturated carbocycles. The third-order valence-corrected chi connectivity index (χ3v) is 6.89. The fourth-order valence-electron chi connectivity index (χ4n) is 4.26. The SMILES string of the molecule is O=C(Nc1ccc(CNc2cc(NC3(CO)CCCC3)nc3c(Br)cnn23)cc1)C1CC1. The van der Waals surface area contributed by atoms with Gasteiger partial charge in [0, 0.05) is 24.2 Å². The molecule has 8 nitrogen and oxygen atoms in total. The summed E-state index contributed by atoms with van der Waals surface area (Å²) in [4.78, 5) is 16.6. The molecule has 168 valence electrons. The maximum absolute atomic E-state index is 11.9. The third-order valence-electron chi connectivity index (χ3n) is 6.33. The Morgan fingerprint density at radius 2 is 1.97 bits per heavy atom. The number of aliphatic hydroxyl groups is 1. The van der Waals surface area contributed by atoms with Crippen molar-refractivity contribution in [2.75, 3.05) is 22.6 Å². The number of nitrogens with one attached hydrogen (secondary N) is 3. The summed E-state index contributed by atoms with van der Waals surface area (Å²) in [5, 5.41) is 24.3. The molecular weight excluding hydrogens is 472 g/mol. The summed E-state index contributed by atoms with van der Waals surface area (Å²) in [7, 11) is 0. The van der Waals surface area contributed by atoms with Crippen molar-refractivity contribution in [1.29, 1.82) is 0 Å². The Bertz CT molecular complexity index is 1120. The maximum Gasteiger partial charge on any atom is 0.227 e. The Balaban J connectivity index is 1.32. The Morgan fingerprint density at radius 3 is 2.66 bits per heavy atom. The van der Waals surface area contributed by atoms with E-state index in [4.69, 9.17) is 4.98 Å². The molecule has 0 spiro atoms. The number of aliphatic hydroxyl groups excluding tert-OH is 1. The van der Waals surface area contributed by atoms with Crippen molar-refractivity contribution < 1.29 is 9.90 Å². The zero-order chi connectivity index (χ0) is 22.1. The summed E-state index contributed by atoms with van der Waals surface area (Å²) in [6.45, 7) is 0.685. The zero-order valence-corrected chi connectivity index (χ0v) is 19.4. The number of fused-ring (bicyclic) bond motifs is 1. The van der Waals surface area contributed by atoms with Gasteiger partial charge in [0.1, 0.15) is 11.6 Å². The highest BCUT2D eigenvalue weighted by Crippen LogP contribution is 2.34. The molecule has 2 fully saturated rings. The van der Waals surface area contributed by atoms with E-state index >= 15 is 0 Å². The van der Waals surface area contributed by atoms with E-state index in [1.165, 1.54) is 0 Å². The minimum absolute atomic E-state index is 0.0900. The Hall–Kier alpha value is -2.65. The summed E-state index contributed by atoms with van der Waals surface area (Å²) < 4.78 is 2.57. The van der Waals surface area contributed by atoms with Crippen molar-refractivity contribution in [3.63, 3.8) is 0 Å². The van der Waals surface area contributed by atoms with Gasteiger partial charge in [0.25, 0.3) is 0 Å². The minimum atomic E-state index is -0.310. The maximum atomic E-state index is 11.9. The second-order valence-corrected chi connectivity index (χ2v) is 9.69. The van der Waals surface area contributed by atoms with Crippen LogP contribution in [0.1, 0.15) is 44.1 Å². The number of hydrogen-bond donors (Lipinski definition) is 4. The molecule has 0 atom stereocenters. The summed E-state index contributed by atoms with van der Waals surface area (Å²) in [6.07, 6.45) is 7.79. The van der Waals surface area contributed by atoms with E-state index in [-0.39, 0.29) is 24.0 Å². The molecule has 0 aliphatic heterocycles. The van der Waals surface area contributed by atoms with Crippen molar-refractivity contribution in [2.24, 2.45) is 5.92 Å². The van der Waals surface area contributed by atoms with Gasteiger partial charge in [0.05, 0.1) is 22.8 Å². The lowest BCUT2D eigenvalue weighted by molar-refractivity contribution is -0.117.